The zero-order valence-corrected chi connectivity index (χ0v) is 12.9. The van der Waals surface area contributed by atoms with E-state index < -0.39 is 0 Å². The van der Waals surface area contributed by atoms with Gasteiger partial charge in [-0.25, -0.2) is 0 Å². The highest BCUT2D eigenvalue weighted by Crippen LogP contribution is 2.30. The number of hydrogen-bond donors (Lipinski definition) is 1. The molecule has 0 amide bonds. The van der Waals surface area contributed by atoms with Crippen molar-refractivity contribution in [3.05, 3.63) is 29.3 Å². The number of nitrogens with two attached hydrogens (primary N) is 1. The summed E-state index contributed by atoms with van der Waals surface area (Å²) in [6.07, 6.45) is 0. The lowest BCUT2D eigenvalue weighted by atomic mass is 9.94. The summed E-state index contributed by atoms with van der Waals surface area (Å²) in [5.74, 6) is 0. The molecule has 1 saturated heterocycles. The van der Waals surface area contributed by atoms with Crippen LogP contribution in [-0.4, -0.2) is 43.2 Å². The molecule has 0 aliphatic carbocycles. The molecule has 1 aromatic rings. The van der Waals surface area contributed by atoms with E-state index in [2.05, 4.69) is 62.7 Å². The standard InChI is InChI=1S/C16H27N3/c1-12-6-7-15(13(2)8-12)19-11-16(3,4)18(5)10-14(19)9-17/h6-8,14H,9-11,17H2,1-5H3. The predicted octanol–water partition coefficient (Wildman–Crippen LogP) is 2.16. The van der Waals surface area contributed by atoms with Crippen molar-refractivity contribution in [2.75, 3.05) is 31.6 Å². The van der Waals surface area contributed by atoms with Gasteiger partial charge in [-0.15, -0.1) is 0 Å². The van der Waals surface area contributed by atoms with Crippen molar-refractivity contribution >= 4 is 5.69 Å². The quantitative estimate of drug-likeness (QED) is 0.885. The fourth-order valence-electron chi connectivity index (χ4n) is 2.94. The minimum Gasteiger partial charge on any atom is -0.364 e. The van der Waals surface area contributed by atoms with Gasteiger partial charge in [0.1, 0.15) is 0 Å². The third kappa shape index (κ3) is 2.77. The fourth-order valence-corrected chi connectivity index (χ4v) is 2.94. The number of hydrogen-bond acceptors (Lipinski definition) is 3. The highest BCUT2D eigenvalue weighted by molar-refractivity contribution is 5.56. The van der Waals surface area contributed by atoms with Crippen LogP contribution in [0.15, 0.2) is 18.2 Å². The maximum absolute atomic E-state index is 5.99. The third-order valence-electron chi connectivity index (χ3n) is 4.45. The first-order valence-corrected chi connectivity index (χ1v) is 7.10. The molecule has 1 heterocycles. The first kappa shape index (κ1) is 14.4. The second-order valence-electron chi connectivity index (χ2n) is 6.50. The average molecular weight is 261 g/mol. The Kier molecular flexibility index (Phi) is 3.88. The number of anilines is 1. The van der Waals surface area contributed by atoms with E-state index in [0.717, 1.165) is 13.1 Å². The van der Waals surface area contributed by atoms with Crippen molar-refractivity contribution in [2.45, 2.75) is 39.3 Å². The molecule has 1 unspecified atom stereocenters. The van der Waals surface area contributed by atoms with E-state index in [0.29, 0.717) is 12.6 Å². The molecule has 19 heavy (non-hydrogen) atoms. The summed E-state index contributed by atoms with van der Waals surface area (Å²) in [6.45, 7) is 11.7. The maximum Gasteiger partial charge on any atom is 0.0540 e. The van der Waals surface area contributed by atoms with Gasteiger partial charge in [0.2, 0.25) is 0 Å². The van der Waals surface area contributed by atoms with Crippen molar-refractivity contribution in [1.82, 2.24) is 4.90 Å². The van der Waals surface area contributed by atoms with E-state index in [-0.39, 0.29) is 5.54 Å². The first-order valence-electron chi connectivity index (χ1n) is 7.10. The molecule has 1 aromatic carbocycles. The molecule has 2 N–H and O–H groups in total. The van der Waals surface area contributed by atoms with Crippen LogP contribution < -0.4 is 10.6 Å². The van der Waals surface area contributed by atoms with Gasteiger partial charge in [0.15, 0.2) is 0 Å². The number of aryl methyl sites for hydroxylation is 2. The fraction of sp³-hybridized carbons (Fsp3) is 0.625. The second-order valence-corrected chi connectivity index (χ2v) is 6.50. The SMILES string of the molecule is Cc1ccc(N2CC(C)(C)N(C)CC2CN)c(C)c1. The minimum absolute atomic E-state index is 0.184. The largest absolute Gasteiger partial charge is 0.364 e. The Morgan fingerprint density at radius 1 is 1.32 bits per heavy atom. The van der Waals surface area contributed by atoms with Gasteiger partial charge in [-0.3, -0.25) is 4.90 Å². The van der Waals surface area contributed by atoms with Crippen molar-refractivity contribution in [3.63, 3.8) is 0 Å². The van der Waals surface area contributed by atoms with Crippen molar-refractivity contribution in [1.29, 1.82) is 0 Å². The van der Waals surface area contributed by atoms with Gasteiger partial charge in [-0.2, -0.15) is 0 Å². The van der Waals surface area contributed by atoms with Gasteiger partial charge in [0.05, 0.1) is 6.04 Å². The number of nitrogens with zero attached hydrogens (tertiary/aromatic N) is 2. The minimum atomic E-state index is 0.184. The molecule has 1 aliphatic rings. The topological polar surface area (TPSA) is 32.5 Å². The molecule has 1 atom stereocenters. The summed E-state index contributed by atoms with van der Waals surface area (Å²) in [6, 6.07) is 7.10. The highest BCUT2D eigenvalue weighted by Gasteiger charge is 2.36. The van der Waals surface area contributed by atoms with Crippen LogP contribution in [0.5, 0.6) is 0 Å². The lowest BCUT2D eigenvalue weighted by molar-refractivity contribution is 0.116. The van der Waals surface area contributed by atoms with Crippen LogP contribution in [0.3, 0.4) is 0 Å². The van der Waals surface area contributed by atoms with Gasteiger partial charge in [-0.05, 0) is 46.4 Å². The Morgan fingerprint density at radius 2 is 2.00 bits per heavy atom. The van der Waals surface area contributed by atoms with Crippen LogP contribution >= 0.6 is 0 Å². The summed E-state index contributed by atoms with van der Waals surface area (Å²) in [5, 5.41) is 0. The molecule has 0 saturated carbocycles. The molecule has 0 radical (unpaired) electrons. The van der Waals surface area contributed by atoms with Gasteiger partial charge in [0.25, 0.3) is 0 Å². The van der Waals surface area contributed by atoms with Crippen molar-refractivity contribution in [3.8, 4) is 0 Å². The molecule has 1 aliphatic heterocycles. The van der Waals surface area contributed by atoms with Crippen LogP contribution in [0.1, 0.15) is 25.0 Å². The van der Waals surface area contributed by atoms with Crippen LogP contribution in [0.2, 0.25) is 0 Å². The average Bonchev–Trinajstić information content (AvgIpc) is 2.32. The van der Waals surface area contributed by atoms with Gasteiger partial charge in [0, 0.05) is 30.9 Å². The third-order valence-corrected chi connectivity index (χ3v) is 4.45. The van der Waals surface area contributed by atoms with E-state index in [1.807, 2.05) is 0 Å². The van der Waals surface area contributed by atoms with Crippen molar-refractivity contribution < 1.29 is 0 Å². The lowest BCUT2D eigenvalue weighted by Crippen LogP contribution is -2.64. The summed E-state index contributed by atoms with van der Waals surface area (Å²) in [7, 11) is 2.20. The highest BCUT2D eigenvalue weighted by atomic mass is 15.3. The van der Waals surface area contributed by atoms with Crippen molar-refractivity contribution in [2.24, 2.45) is 5.73 Å². The maximum atomic E-state index is 5.99. The second kappa shape index (κ2) is 5.14. The lowest BCUT2D eigenvalue weighted by Gasteiger charge is -2.51. The summed E-state index contributed by atoms with van der Waals surface area (Å²) < 4.78 is 0. The van der Waals surface area contributed by atoms with Crippen LogP contribution in [0, 0.1) is 13.8 Å². The van der Waals surface area contributed by atoms with E-state index in [9.17, 15) is 0 Å². The Bertz CT molecular complexity index is 453. The van der Waals surface area contributed by atoms with E-state index >= 15 is 0 Å². The predicted molar refractivity (Wildman–Crippen MR) is 82.8 cm³/mol. The zero-order valence-electron chi connectivity index (χ0n) is 12.9. The van der Waals surface area contributed by atoms with Gasteiger partial charge < -0.3 is 10.6 Å². The van der Waals surface area contributed by atoms with E-state index in [1.165, 1.54) is 16.8 Å². The summed E-state index contributed by atoms with van der Waals surface area (Å²) in [5.41, 5.74) is 10.2. The Labute approximate surface area is 117 Å². The smallest absolute Gasteiger partial charge is 0.0540 e. The van der Waals surface area contributed by atoms with Crippen LogP contribution in [0.4, 0.5) is 5.69 Å². The van der Waals surface area contributed by atoms with Gasteiger partial charge >= 0.3 is 0 Å². The molecule has 0 aromatic heterocycles. The molecule has 3 nitrogen and oxygen atoms in total. The first-order chi connectivity index (χ1) is 8.85. The molecular formula is C16H27N3. The Balaban J connectivity index is 2.35. The molecule has 0 bridgehead atoms. The summed E-state index contributed by atoms with van der Waals surface area (Å²) >= 11 is 0. The summed E-state index contributed by atoms with van der Waals surface area (Å²) in [4.78, 5) is 4.92. The Hall–Kier alpha value is -1.06. The van der Waals surface area contributed by atoms with Gasteiger partial charge in [-0.1, -0.05) is 17.7 Å². The molecule has 1 fully saturated rings. The monoisotopic (exact) mass is 261 g/mol. The number of rotatable bonds is 2. The van der Waals surface area contributed by atoms with E-state index in [1.54, 1.807) is 0 Å². The molecule has 0 spiro atoms. The number of piperazine rings is 1. The Morgan fingerprint density at radius 3 is 2.58 bits per heavy atom. The van der Waals surface area contributed by atoms with Crippen LogP contribution in [0.25, 0.3) is 0 Å². The molecule has 106 valence electrons. The normalized spacial score (nSPS) is 23.7. The molecule has 3 heteroatoms. The molecule has 2 rings (SSSR count). The number of likely N-dealkylation sites (N-methyl/N-ethyl adjacent to an activating group) is 1. The number of benzene rings is 1. The van der Waals surface area contributed by atoms with Crippen LogP contribution in [-0.2, 0) is 0 Å². The molecular weight excluding hydrogens is 234 g/mol. The zero-order chi connectivity index (χ0) is 14.2. The van der Waals surface area contributed by atoms with E-state index in [4.69, 9.17) is 5.73 Å².